The van der Waals surface area contributed by atoms with Crippen LogP contribution in [-0.2, 0) is 35.4 Å². The Balaban J connectivity index is 1.28. The van der Waals surface area contributed by atoms with Gasteiger partial charge in [0.15, 0.2) is 5.82 Å². The Hall–Kier alpha value is -3.53. The van der Waals surface area contributed by atoms with Gasteiger partial charge in [-0.1, -0.05) is 13.3 Å². The monoisotopic (exact) mass is 499 g/mol. The van der Waals surface area contributed by atoms with Crippen LogP contribution in [0.15, 0.2) is 47.5 Å². The standard InChI is InChI=1S/C26H31F2N5O3/c1-2-4-23(31-19-7-6-17-11-18(27)12-22(28)21(17)13-19)26(35)32-24-14-33(16-30-24)15-25(34)29-9-8-20-5-3-10-36-20/h3,5,10-12,14,16,19,23,31H,2,4,6-9,13,15H2,1H3,(H,29,34)(H,32,35)/t19-,23-/m0/s1. The number of imidazole rings is 1. The van der Waals surface area contributed by atoms with Gasteiger partial charge in [0, 0.05) is 31.3 Å². The number of halogens is 2. The minimum Gasteiger partial charge on any atom is -0.469 e. The van der Waals surface area contributed by atoms with Gasteiger partial charge in [-0.15, -0.1) is 0 Å². The zero-order valence-corrected chi connectivity index (χ0v) is 20.2. The summed E-state index contributed by atoms with van der Waals surface area (Å²) in [7, 11) is 0. The summed E-state index contributed by atoms with van der Waals surface area (Å²) in [6.45, 7) is 2.52. The van der Waals surface area contributed by atoms with Crippen molar-refractivity contribution in [2.75, 3.05) is 11.9 Å². The van der Waals surface area contributed by atoms with Gasteiger partial charge in [0.05, 0.1) is 18.6 Å². The SMILES string of the molecule is CCC[C@H](N[C@H]1CCc2cc(F)cc(F)c2C1)C(=O)Nc1cn(CC(=O)NCCc2ccco2)cn1. The average Bonchev–Trinajstić information content (AvgIpc) is 3.51. The van der Waals surface area contributed by atoms with Crippen molar-refractivity contribution < 1.29 is 22.8 Å². The number of carbonyl (C=O) groups is 2. The third-order valence-corrected chi connectivity index (χ3v) is 6.28. The maximum absolute atomic E-state index is 14.3. The predicted molar refractivity (Wildman–Crippen MR) is 130 cm³/mol. The fourth-order valence-corrected chi connectivity index (χ4v) is 4.52. The number of nitrogens with one attached hydrogen (secondary N) is 3. The predicted octanol–water partition coefficient (Wildman–Crippen LogP) is 3.37. The molecule has 2 amide bonds. The summed E-state index contributed by atoms with van der Waals surface area (Å²) in [6.07, 6.45) is 8.31. The number of hydrogen-bond donors (Lipinski definition) is 3. The van der Waals surface area contributed by atoms with E-state index in [4.69, 9.17) is 4.42 Å². The number of furan rings is 1. The Labute approximate surface area is 208 Å². The summed E-state index contributed by atoms with van der Waals surface area (Å²) in [5, 5.41) is 8.98. The van der Waals surface area contributed by atoms with Crippen LogP contribution < -0.4 is 16.0 Å². The molecule has 192 valence electrons. The Morgan fingerprint density at radius 2 is 2.17 bits per heavy atom. The van der Waals surface area contributed by atoms with E-state index >= 15 is 0 Å². The van der Waals surface area contributed by atoms with Crippen molar-refractivity contribution in [1.29, 1.82) is 0 Å². The molecular formula is C26H31F2N5O3. The van der Waals surface area contributed by atoms with Crippen LogP contribution in [-0.4, -0.2) is 40.0 Å². The average molecular weight is 500 g/mol. The van der Waals surface area contributed by atoms with Crippen LogP contribution in [0, 0.1) is 11.6 Å². The van der Waals surface area contributed by atoms with E-state index in [1.807, 2.05) is 13.0 Å². The molecule has 10 heteroatoms. The molecule has 0 saturated heterocycles. The maximum Gasteiger partial charge on any atom is 0.242 e. The van der Waals surface area contributed by atoms with Gasteiger partial charge in [0.2, 0.25) is 11.8 Å². The quantitative estimate of drug-likeness (QED) is 0.376. The summed E-state index contributed by atoms with van der Waals surface area (Å²) in [6, 6.07) is 5.37. The van der Waals surface area contributed by atoms with Crippen molar-refractivity contribution in [3.05, 3.63) is 71.6 Å². The number of benzene rings is 1. The lowest BCUT2D eigenvalue weighted by molar-refractivity contribution is -0.121. The number of rotatable bonds is 11. The van der Waals surface area contributed by atoms with E-state index in [9.17, 15) is 18.4 Å². The summed E-state index contributed by atoms with van der Waals surface area (Å²) >= 11 is 0. The lowest BCUT2D eigenvalue weighted by atomic mass is 9.87. The molecule has 2 aromatic heterocycles. The second-order valence-corrected chi connectivity index (χ2v) is 9.07. The van der Waals surface area contributed by atoms with Gasteiger partial charge in [-0.3, -0.25) is 9.59 Å². The van der Waals surface area contributed by atoms with Crippen molar-refractivity contribution in [1.82, 2.24) is 20.2 Å². The van der Waals surface area contributed by atoms with E-state index in [1.54, 1.807) is 23.1 Å². The van der Waals surface area contributed by atoms with Gasteiger partial charge in [-0.2, -0.15) is 0 Å². The summed E-state index contributed by atoms with van der Waals surface area (Å²) in [5.74, 6) is -0.367. The van der Waals surface area contributed by atoms with Gasteiger partial charge in [0.25, 0.3) is 0 Å². The van der Waals surface area contributed by atoms with E-state index in [0.717, 1.165) is 18.2 Å². The highest BCUT2D eigenvalue weighted by molar-refractivity contribution is 5.94. The van der Waals surface area contributed by atoms with Gasteiger partial charge >= 0.3 is 0 Å². The van der Waals surface area contributed by atoms with Crippen LogP contribution in [0.25, 0.3) is 0 Å². The molecule has 0 aliphatic heterocycles. The molecule has 0 unspecified atom stereocenters. The van der Waals surface area contributed by atoms with Crippen molar-refractivity contribution in [2.45, 2.75) is 64.1 Å². The van der Waals surface area contributed by atoms with Crippen LogP contribution in [0.4, 0.5) is 14.6 Å². The minimum absolute atomic E-state index is 0.0747. The molecule has 0 fully saturated rings. The molecule has 1 aliphatic rings. The van der Waals surface area contributed by atoms with Crippen molar-refractivity contribution >= 4 is 17.6 Å². The van der Waals surface area contributed by atoms with E-state index in [-0.39, 0.29) is 24.4 Å². The first-order valence-electron chi connectivity index (χ1n) is 12.3. The van der Waals surface area contributed by atoms with Crippen LogP contribution in [0.3, 0.4) is 0 Å². The van der Waals surface area contributed by atoms with Gasteiger partial charge in [-0.25, -0.2) is 13.8 Å². The first-order chi connectivity index (χ1) is 17.4. The first kappa shape index (κ1) is 25.6. The number of anilines is 1. The first-order valence-corrected chi connectivity index (χ1v) is 12.3. The second kappa shape index (κ2) is 11.9. The third kappa shape index (κ3) is 6.78. The van der Waals surface area contributed by atoms with Crippen molar-refractivity contribution in [2.24, 2.45) is 0 Å². The molecule has 3 N–H and O–H groups in total. The van der Waals surface area contributed by atoms with Crippen molar-refractivity contribution in [3.8, 4) is 0 Å². The van der Waals surface area contributed by atoms with Gasteiger partial charge in [-0.05, 0) is 55.0 Å². The third-order valence-electron chi connectivity index (χ3n) is 6.28. The molecule has 4 rings (SSSR count). The molecule has 1 aliphatic carbocycles. The van der Waals surface area contributed by atoms with Gasteiger partial charge in [0.1, 0.15) is 23.9 Å². The Morgan fingerprint density at radius 1 is 1.31 bits per heavy atom. The second-order valence-electron chi connectivity index (χ2n) is 9.07. The fraction of sp³-hybridized carbons (Fsp3) is 0.423. The van der Waals surface area contributed by atoms with Crippen LogP contribution in [0.5, 0.6) is 0 Å². The molecule has 2 atom stereocenters. The number of nitrogens with zero attached hydrogens (tertiary/aromatic N) is 2. The Bertz CT molecular complexity index is 1180. The van der Waals surface area contributed by atoms with E-state index in [0.29, 0.717) is 55.6 Å². The summed E-state index contributed by atoms with van der Waals surface area (Å²) < 4.78 is 34.6. The molecule has 0 saturated carbocycles. The lowest BCUT2D eigenvalue weighted by Gasteiger charge is -2.29. The highest BCUT2D eigenvalue weighted by atomic mass is 19.1. The molecule has 0 spiro atoms. The molecule has 3 aromatic rings. The molecule has 1 aromatic carbocycles. The van der Waals surface area contributed by atoms with Crippen molar-refractivity contribution in [3.63, 3.8) is 0 Å². The normalized spacial score (nSPS) is 15.8. The summed E-state index contributed by atoms with van der Waals surface area (Å²) in [4.78, 5) is 29.4. The zero-order chi connectivity index (χ0) is 25.5. The minimum atomic E-state index is -0.563. The van der Waals surface area contributed by atoms with E-state index in [1.165, 1.54) is 12.4 Å². The Morgan fingerprint density at radius 3 is 2.94 bits per heavy atom. The summed E-state index contributed by atoms with van der Waals surface area (Å²) in [5.41, 5.74) is 1.20. The van der Waals surface area contributed by atoms with E-state index in [2.05, 4.69) is 20.9 Å². The number of hydrogen-bond acceptors (Lipinski definition) is 5. The number of aryl methyl sites for hydroxylation is 1. The number of aromatic nitrogens is 2. The maximum atomic E-state index is 14.3. The molecular weight excluding hydrogens is 468 g/mol. The van der Waals surface area contributed by atoms with Crippen LogP contribution >= 0.6 is 0 Å². The largest absolute Gasteiger partial charge is 0.469 e. The van der Waals surface area contributed by atoms with Crippen LogP contribution in [0.2, 0.25) is 0 Å². The zero-order valence-electron chi connectivity index (χ0n) is 20.2. The Kier molecular flexibility index (Phi) is 8.48. The van der Waals surface area contributed by atoms with E-state index < -0.39 is 17.7 Å². The number of amides is 2. The molecule has 8 nitrogen and oxygen atoms in total. The molecule has 2 heterocycles. The highest BCUT2D eigenvalue weighted by Gasteiger charge is 2.27. The lowest BCUT2D eigenvalue weighted by Crippen LogP contribution is -2.48. The fourth-order valence-electron chi connectivity index (χ4n) is 4.52. The number of fused-ring (bicyclic) bond motifs is 1. The van der Waals surface area contributed by atoms with Crippen LogP contribution in [0.1, 0.15) is 43.1 Å². The van der Waals surface area contributed by atoms with Gasteiger partial charge < -0.3 is 24.9 Å². The smallest absolute Gasteiger partial charge is 0.242 e. The molecule has 36 heavy (non-hydrogen) atoms. The number of carbonyl (C=O) groups excluding carboxylic acids is 2. The molecule has 0 bridgehead atoms. The molecule has 0 radical (unpaired) electrons. The highest BCUT2D eigenvalue weighted by Crippen LogP contribution is 2.26. The topological polar surface area (TPSA) is 101 Å².